The second-order valence-corrected chi connectivity index (χ2v) is 4.13. The lowest BCUT2D eigenvalue weighted by atomic mass is 10.1. The van der Waals surface area contributed by atoms with E-state index in [1.165, 1.54) is 0 Å². The Morgan fingerprint density at radius 2 is 2.00 bits per heavy atom. The topological polar surface area (TPSA) is 104 Å². The van der Waals surface area contributed by atoms with E-state index < -0.39 is 23.0 Å². The molecule has 7 nitrogen and oxygen atoms in total. The Balaban J connectivity index is 2.30. The first-order valence-corrected chi connectivity index (χ1v) is 5.97. The molecule has 1 amide bonds. The number of nitrogens with zero attached hydrogens (tertiary/aromatic N) is 1. The molecular formula is C11H16FN3O4. The van der Waals surface area contributed by atoms with Gasteiger partial charge in [-0.1, -0.05) is 12.8 Å². The first-order chi connectivity index (χ1) is 9.04. The van der Waals surface area contributed by atoms with Gasteiger partial charge in [0.15, 0.2) is 0 Å². The Morgan fingerprint density at radius 3 is 2.68 bits per heavy atom. The quantitative estimate of drug-likeness (QED) is 0.373. The van der Waals surface area contributed by atoms with Crippen molar-refractivity contribution in [2.24, 2.45) is 0 Å². The molecule has 0 fully saturated rings. The highest BCUT2D eigenvalue weighted by Gasteiger charge is 2.03. The third kappa shape index (κ3) is 5.04. The molecule has 0 saturated heterocycles. The van der Waals surface area contributed by atoms with Gasteiger partial charge in [-0.25, -0.2) is 10.3 Å². The van der Waals surface area contributed by atoms with E-state index in [0.29, 0.717) is 19.4 Å². The first kappa shape index (κ1) is 15.1. The van der Waals surface area contributed by atoms with Gasteiger partial charge in [0.05, 0.1) is 6.20 Å². The molecule has 3 N–H and O–H groups in total. The fraction of sp³-hybridized carbons (Fsp3) is 0.545. The number of carbonyl (C=O) groups excluding carboxylic acids is 1. The standard InChI is InChI=1S/C11H16FN3O4/c12-8-7-15(11(18)13-10(8)17)6-4-2-1-3-5-9(16)14-19/h7,19H,1-6H2,(H,14,16)(H,13,17,18). The molecule has 0 aliphatic heterocycles. The zero-order chi connectivity index (χ0) is 14.3. The molecule has 106 valence electrons. The van der Waals surface area contributed by atoms with Crippen LogP contribution in [0.4, 0.5) is 4.39 Å². The molecule has 1 heterocycles. The minimum Gasteiger partial charge on any atom is -0.298 e. The molecule has 1 aromatic heterocycles. The summed E-state index contributed by atoms with van der Waals surface area (Å²) in [4.78, 5) is 34.7. The van der Waals surface area contributed by atoms with E-state index in [0.717, 1.165) is 23.6 Å². The molecule has 19 heavy (non-hydrogen) atoms. The van der Waals surface area contributed by atoms with Gasteiger partial charge in [-0.05, 0) is 12.8 Å². The van der Waals surface area contributed by atoms with Gasteiger partial charge in [0.2, 0.25) is 11.7 Å². The minimum absolute atomic E-state index is 0.240. The largest absolute Gasteiger partial charge is 0.328 e. The highest BCUT2D eigenvalue weighted by atomic mass is 19.1. The predicted molar refractivity (Wildman–Crippen MR) is 64.3 cm³/mol. The van der Waals surface area contributed by atoms with Gasteiger partial charge in [-0.2, -0.15) is 4.39 Å². The molecule has 0 atom stereocenters. The maximum absolute atomic E-state index is 12.9. The summed E-state index contributed by atoms with van der Waals surface area (Å²) < 4.78 is 14.1. The molecule has 1 aromatic rings. The molecular weight excluding hydrogens is 257 g/mol. The zero-order valence-corrected chi connectivity index (χ0v) is 10.3. The fourth-order valence-electron chi connectivity index (χ4n) is 1.63. The Kier molecular flexibility index (Phi) is 5.94. The van der Waals surface area contributed by atoms with Crippen LogP contribution in [-0.4, -0.2) is 20.7 Å². The van der Waals surface area contributed by atoms with Crippen LogP contribution < -0.4 is 16.7 Å². The molecule has 1 rings (SSSR count). The van der Waals surface area contributed by atoms with Gasteiger partial charge in [-0.15, -0.1) is 0 Å². The van der Waals surface area contributed by atoms with Gasteiger partial charge in [0.1, 0.15) is 0 Å². The second kappa shape index (κ2) is 7.47. The SMILES string of the molecule is O=C(CCCCCCn1cc(F)c(=O)[nH]c1=O)NO. The van der Waals surface area contributed by atoms with Crippen molar-refractivity contribution in [3.63, 3.8) is 0 Å². The average Bonchev–Trinajstić information content (AvgIpc) is 2.38. The number of H-pyrrole nitrogens is 1. The zero-order valence-electron chi connectivity index (χ0n) is 10.3. The summed E-state index contributed by atoms with van der Waals surface area (Å²) in [6.07, 6.45) is 3.90. The molecule has 0 unspecified atom stereocenters. The van der Waals surface area contributed by atoms with E-state index in [2.05, 4.69) is 0 Å². The summed E-state index contributed by atoms with van der Waals surface area (Å²) in [5.41, 5.74) is -0.110. The number of hydrogen-bond donors (Lipinski definition) is 3. The highest BCUT2D eigenvalue weighted by molar-refractivity contribution is 5.74. The van der Waals surface area contributed by atoms with Crippen molar-refractivity contribution in [3.05, 3.63) is 32.9 Å². The Morgan fingerprint density at radius 1 is 1.32 bits per heavy atom. The molecule has 0 aliphatic rings. The van der Waals surface area contributed by atoms with Crippen LogP contribution in [0.2, 0.25) is 0 Å². The maximum Gasteiger partial charge on any atom is 0.328 e. The van der Waals surface area contributed by atoms with Crippen LogP contribution in [0.1, 0.15) is 32.1 Å². The molecule has 0 radical (unpaired) electrons. The number of aromatic amines is 1. The summed E-state index contributed by atoms with van der Waals surface area (Å²) in [5, 5.41) is 8.26. The third-order valence-corrected chi connectivity index (χ3v) is 2.64. The number of aryl methyl sites for hydroxylation is 1. The lowest BCUT2D eigenvalue weighted by Crippen LogP contribution is -2.31. The molecule has 0 spiro atoms. The van der Waals surface area contributed by atoms with Crippen molar-refractivity contribution < 1.29 is 14.4 Å². The number of hydroxylamine groups is 1. The van der Waals surface area contributed by atoms with Gasteiger partial charge >= 0.3 is 5.69 Å². The highest BCUT2D eigenvalue weighted by Crippen LogP contribution is 2.03. The number of halogens is 1. The molecule has 0 aliphatic carbocycles. The Labute approximate surface area is 108 Å². The lowest BCUT2D eigenvalue weighted by molar-refractivity contribution is -0.129. The summed E-state index contributed by atoms with van der Waals surface area (Å²) in [5.74, 6) is -1.42. The van der Waals surface area contributed by atoms with E-state index in [-0.39, 0.29) is 6.42 Å². The summed E-state index contributed by atoms with van der Waals surface area (Å²) >= 11 is 0. The van der Waals surface area contributed by atoms with E-state index in [1.54, 1.807) is 5.48 Å². The third-order valence-electron chi connectivity index (χ3n) is 2.64. The van der Waals surface area contributed by atoms with Gasteiger partial charge in [0, 0.05) is 13.0 Å². The first-order valence-electron chi connectivity index (χ1n) is 5.97. The number of hydrogen-bond acceptors (Lipinski definition) is 4. The number of carbonyl (C=O) groups is 1. The van der Waals surface area contributed by atoms with Gasteiger partial charge in [0.25, 0.3) is 5.56 Å². The lowest BCUT2D eigenvalue weighted by Gasteiger charge is -2.04. The van der Waals surface area contributed by atoms with E-state index in [9.17, 15) is 18.8 Å². The molecule has 0 bridgehead atoms. The number of unbranched alkanes of at least 4 members (excludes halogenated alkanes) is 3. The summed E-state index contributed by atoms with van der Waals surface area (Å²) in [6.45, 7) is 0.304. The van der Waals surface area contributed by atoms with Crippen molar-refractivity contribution in [1.82, 2.24) is 15.0 Å². The van der Waals surface area contributed by atoms with Crippen LogP contribution in [0.15, 0.2) is 15.8 Å². The molecule has 0 aromatic carbocycles. The normalized spacial score (nSPS) is 10.4. The van der Waals surface area contributed by atoms with Crippen LogP contribution in [0.25, 0.3) is 0 Å². The Hall–Kier alpha value is -1.96. The van der Waals surface area contributed by atoms with Crippen LogP contribution in [0.3, 0.4) is 0 Å². The van der Waals surface area contributed by atoms with Crippen molar-refractivity contribution in [1.29, 1.82) is 0 Å². The summed E-state index contributed by atoms with van der Waals surface area (Å²) in [6, 6.07) is 0. The van der Waals surface area contributed by atoms with E-state index >= 15 is 0 Å². The fourth-order valence-corrected chi connectivity index (χ4v) is 1.63. The van der Waals surface area contributed by atoms with Gasteiger partial charge < -0.3 is 0 Å². The molecule has 0 saturated carbocycles. The van der Waals surface area contributed by atoms with Crippen LogP contribution in [-0.2, 0) is 11.3 Å². The van der Waals surface area contributed by atoms with E-state index in [4.69, 9.17) is 5.21 Å². The van der Waals surface area contributed by atoms with Crippen molar-refractivity contribution in [3.8, 4) is 0 Å². The predicted octanol–water partition coefficient (Wildman–Crippen LogP) is 0.132. The average molecular weight is 273 g/mol. The van der Waals surface area contributed by atoms with Crippen molar-refractivity contribution in [2.45, 2.75) is 38.6 Å². The van der Waals surface area contributed by atoms with E-state index in [1.807, 2.05) is 4.98 Å². The summed E-state index contributed by atoms with van der Waals surface area (Å²) in [7, 11) is 0. The number of nitrogens with one attached hydrogen (secondary N) is 2. The molecule has 8 heteroatoms. The van der Waals surface area contributed by atoms with Crippen molar-refractivity contribution in [2.75, 3.05) is 0 Å². The minimum atomic E-state index is -1.02. The monoisotopic (exact) mass is 273 g/mol. The number of rotatable bonds is 7. The number of amides is 1. The number of aromatic nitrogens is 2. The smallest absolute Gasteiger partial charge is 0.298 e. The second-order valence-electron chi connectivity index (χ2n) is 4.13. The van der Waals surface area contributed by atoms with Crippen LogP contribution in [0.5, 0.6) is 0 Å². The van der Waals surface area contributed by atoms with Gasteiger partial charge in [-0.3, -0.25) is 24.3 Å². The Bertz CT molecular complexity index is 537. The maximum atomic E-state index is 12.9. The van der Waals surface area contributed by atoms with Crippen LogP contribution in [0, 0.1) is 5.82 Å². The van der Waals surface area contributed by atoms with Crippen LogP contribution >= 0.6 is 0 Å². The van der Waals surface area contributed by atoms with Crippen molar-refractivity contribution >= 4 is 5.91 Å².